The predicted octanol–water partition coefficient (Wildman–Crippen LogP) is 2.22. The number of aliphatic imine (C=N–C) groups is 2. The minimum atomic E-state index is -0.283. The van der Waals surface area contributed by atoms with Gasteiger partial charge in [0.25, 0.3) is 11.6 Å². The van der Waals surface area contributed by atoms with E-state index >= 15 is 0 Å². The molecule has 3 aromatic carbocycles. The van der Waals surface area contributed by atoms with Gasteiger partial charge in [-0.25, -0.2) is 18.3 Å². The Bertz CT molecular complexity index is 1480. The van der Waals surface area contributed by atoms with Crippen LogP contribution < -0.4 is 19.3 Å². The molecule has 0 spiro atoms. The summed E-state index contributed by atoms with van der Waals surface area (Å²) in [5.74, 6) is 0.467. The van der Waals surface area contributed by atoms with Gasteiger partial charge in [-0.15, -0.1) is 0 Å². The summed E-state index contributed by atoms with van der Waals surface area (Å²) in [5, 5.41) is 25.1. The van der Waals surface area contributed by atoms with Crippen LogP contribution in [0.25, 0.3) is 22.3 Å². The fraction of sp³-hybridized carbons (Fsp3) is 0.133. The Morgan fingerprint density at radius 1 is 0.553 bits per heavy atom. The van der Waals surface area contributed by atoms with Gasteiger partial charge in [0.05, 0.1) is 51.4 Å². The topological polar surface area (TPSA) is 88.5 Å². The maximum Gasteiger partial charge on any atom is 0.292 e. The molecule has 190 valence electrons. The highest BCUT2D eigenvalue weighted by atomic mass is 16.3. The fourth-order valence-electron chi connectivity index (χ4n) is 4.43. The molecule has 8 heteroatoms. The zero-order chi connectivity index (χ0) is 26.8. The Morgan fingerprint density at radius 2 is 0.842 bits per heavy atom. The third kappa shape index (κ3) is 4.97. The van der Waals surface area contributed by atoms with Gasteiger partial charge in [0.2, 0.25) is 0 Å². The first-order valence-electron chi connectivity index (χ1n) is 12.1. The number of benzene rings is 3. The average molecular weight is 505 g/mol. The Kier molecular flexibility index (Phi) is 6.62. The largest absolute Gasteiger partial charge is 0.853 e. The molecule has 38 heavy (non-hydrogen) atoms. The van der Waals surface area contributed by atoms with Crippen molar-refractivity contribution in [3.05, 3.63) is 109 Å². The number of rotatable bonds is 6. The first kappa shape index (κ1) is 24.7. The molecule has 8 nitrogen and oxygen atoms in total. The third-order valence-electron chi connectivity index (χ3n) is 6.49. The van der Waals surface area contributed by atoms with E-state index in [0.29, 0.717) is 23.0 Å². The Balaban J connectivity index is 1.30. The molecule has 0 saturated heterocycles. The van der Waals surface area contributed by atoms with Gasteiger partial charge >= 0.3 is 0 Å². The van der Waals surface area contributed by atoms with Crippen LogP contribution in [0.15, 0.2) is 108 Å². The summed E-state index contributed by atoms with van der Waals surface area (Å²) < 4.78 is 7.03. The highest BCUT2D eigenvalue weighted by Crippen LogP contribution is 2.27. The summed E-state index contributed by atoms with van der Waals surface area (Å²) in [4.78, 5) is 8.50. The molecule has 0 amide bonds. The summed E-state index contributed by atoms with van der Waals surface area (Å²) in [6.45, 7) is 0. The fourth-order valence-corrected chi connectivity index (χ4v) is 4.43. The molecule has 0 unspecified atom stereocenters. The summed E-state index contributed by atoms with van der Waals surface area (Å²) >= 11 is 0. The van der Waals surface area contributed by atoms with Crippen LogP contribution in [0.3, 0.4) is 0 Å². The Hall–Kier alpha value is -4.98. The van der Waals surface area contributed by atoms with Crippen LogP contribution in [-0.2, 0) is 28.2 Å². The average Bonchev–Trinajstić information content (AvgIpc) is 3.44. The lowest BCUT2D eigenvalue weighted by Gasteiger charge is -2.09. The zero-order valence-corrected chi connectivity index (χ0v) is 21.7. The number of nitrogens with zero attached hydrogens (tertiary/aromatic N) is 6. The lowest BCUT2D eigenvalue weighted by molar-refractivity contribution is -0.674. The molecule has 0 radical (unpaired) electrons. The number of aromatic nitrogens is 4. The number of hydrogen-bond donors (Lipinski definition) is 0. The summed E-state index contributed by atoms with van der Waals surface area (Å²) in [5.41, 5.74) is 5.42. The van der Waals surface area contributed by atoms with Gasteiger partial charge < -0.3 is 10.2 Å². The molecule has 0 atom stereocenters. The van der Waals surface area contributed by atoms with Crippen molar-refractivity contribution < 1.29 is 19.3 Å². The van der Waals surface area contributed by atoms with Crippen LogP contribution in [0.5, 0.6) is 0 Å². The Morgan fingerprint density at radius 3 is 1.11 bits per heavy atom. The van der Waals surface area contributed by atoms with Crippen LogP contribution in [-0.4, -0.2) is 20.9 Å². The summed E-state index contributed by atoms with van der Waals surface area (Å²) in [7, 11) is 7.30. The molecule has 2 heterocycles. The molecule has 0 aliphatic heterocycles. The van der Waals surface area contributed by atoms with Gasteiger partial charge in [-0.3, -0.25) is 9.98 Å². The van der Waals surface area contributed by atoms with E-state index in [1.165, 1.54) is 0 Å². The number of aryl methyl sites for hydroxylation is 4. The predicted molar refractivity (Wildman–Crippen MR) is 143 cm³/mol. The van der Waals surface area contributed by atoms with Crippen LogP contribution in [0.2, 0.25) is 0 Å². The first-order chi connectivity index (χ1) is 18.3. The second kappa shape index (κ2) is 10.2. The SMILES string of the molecule is Cn1cc[n+](C)c1/C([O-])=N/c1ccc(-c2ccc(-c3ccc(/N=C(\[O-])c4n(C)cc[n+]4C)cc3)cc2)cc1. The molecule has 0 fully saturated rings. The highest BCUT2D eigenvalue weighted by molar-refractivity contribution is 5.88. The maximum absolute atomic E-state index is 12.6. The molecule has 5 aromatic rings. The van der Waals surface area contributed by atoms with Gasteiger partial charge in [-0.1, -0.05) is 48.5 Å². The van der Waals surface area contributed by atoms with E-state index in [-0.39, 0.29) is 11.8 Å². The molecule has 0 aliphatic rings. The second-order valence-corrected chi connectivity index (χ2v) is 9.19. The zero-order valence-electron chi connectivity index (χ0n) is 21.7. The van der Waals surface area contributed by atoms with Crippen molar-refractivity contribution in [3.63, 3.8) is 0 Å². The van der Waals surface area contributed by atoms with Crippen molar-refractivity contribution in [1.29, 1.82) is 0 Å². The normalized spacial score (nSPS) is 12.2. The monoisotopic (exact) mass is 504 g/mol. The van der Waals surface area contributed by atoms with Crippen molar-refractivity contribution >= 4 is 23.2 Å². The highest BCUT2D eigenvalue weighted by Gasteiger charge is 2.12. The molecule has 0 saturated carbocycles. The van der Waals surface area contributed by atoms with E-state index in [1.807, 2.05) is 102 Å². The lowest BCUT2D eigenvalue weighted by Crippen LogP contribution is -2.39. The maximum atomic E-state index is 12.6. The lowest BCUT2D eigenvalue weighted by atomic mass is 10.00. The molecular formula is C30H28N6O2. The van der Waals surface area contributed by atoms with E-state index in [2.05, 4.69) is 34.3 Å². The van der Waals surface area contributed by atoms with E-state index < -0.39 is 0 Å². The minimum Gasteiger partial charge on any atom is -0.853 e. The van der Waals surface area contributed by atoms with Gasteiger partial charge in [0.15, 0.2) is 0 Å². The van der Waals surface area contributed by atoms with Gasteiger partial charge in [0, 0.05) is 0 Å². The van der Waals surface area contributed by atoms with Crippen molar-refractivity contribution in [2.45, 2.75) is 0 Å². The molecule has 0 bridgehead atoms. The summed E-state index contributed by atoms with van der Waals surface area (Å²) in [6.07, 6.45) is 7.30. The van der Waals surface area contributed by atoms with Crippen LogP contribution in [0.4, 0.5) is 11.4 Å². The van der Waals surface area contributed by atoms with Crippen LogP contribution in [0.1, 0.15) is 11.6 Å². The quantitative estimate of drug-likeness (QED) is 0.202. The second-order valence-electron chi connectivity index (χ2n) is 9.19. The molecule has 5 rings (SSSR count). The van der Waals surface area contributed by atoms with Crippen molar-refractivity contribution in [2.24, 2.45) is 38.2 Å². The number of imidazole rings is 2. The van der Waals surface area contributed by atoms with E-state index in [4.69, 9.17) is 0 Å². The van der Waals surface area contributed by atoms with E-state index in [1.54, 1.807) is 18.3 Å². The standard InChI is InChI=1S/C30H28N6O2/c1-33-17-18-34(2)29(33)27(37)31-25-13-9-23(10-14-25)21-5-7-22(8-6-21)24-11-15-26(16-12-24)32-28(38)30-35(3)19-20-36(30)4/h5-20H,1-4H3. The van der Waals surface area contributed by atoms with E-state index in [9.17, 15) is 10.2 Å². The molecule has 0 aliphatic carbocycles. The van der Waals surface area contributed by atoms with Crippen molar-refractivity contribution in [2.75, 3.05) is 0 Å². The first-order valence-corrected chi connectivity index (χ1v) is 12.1. The minimum absolute atomic E-state index is 0.283. The smallest absolute Gasteiger partial charge is 0.292 e. The van der Waals surface area contributed by atoms with Crippen LogP contribution in [0, 0.1) is 0 Å². The molecule has 2 aromatic heterocycles. The van der Waals surface area contributed by atoms with Crippen molar-refractivity contribution in [3.8, 4) is 22.3 Å². The summed E-state index contributed by atoms with van der Waals surface area (Å²) in [6, 6.07) is 23.5. The molecule has 0 N–H and O–H groups in total. The van der Waals surface area contributed by atoms with Gasteiger partial charge in [0.1, 0.15) is 24.8 Å². The van der Waals surface area contributed by atoms with Crippen LogP contribution >= 0.6 is 0 Å². The van der Waals surface area contributed by atoms with Gasteiger partial charge in [-0.2, -0.15) is 0 Å². The van der Waals surface area contributed by atoms with E-state index in [0.717, 1.165) is 22.3 Å². The van der Waals surface area contributed by atoms with Gasteiger partial charge in [-0.05, 0) is 46.5 Å². The molecular weight excluding hydrogens is 476 g/mol. The Labute approximate surface area is 221 Å². The third-order valence-corrected chi connectivity index (χ3v) is 6.49. The van der Waals surface area contributed by atoms with Crippen molar-refractivity contribution in [1.82, 2.24) is 9.13 Å². The number of hydrogen-bond acceptors (Lipinski definition) is 4.